The molecule has 0 saturated heterocycles. The van der Waals surface area contributed by atoms with Gasteiger partial charge in [-0.2, -0.15) is 0 Å². The maximum absolute atomic E-state index is 12.3. The molecule has 3 rings (SSSR count). The predicted octanol–water partition coefficient (Wildman–Crippen LogP) is 3.93. The normalized spacial score (nSPS) is 11.4. The Labute approximate surface area is 162 Å². The van der Waals surface area contributed by atoms with Gasteiger partial charge in [-0.1, -0.05) is 29.8 Å². The molecule has 0 amide bonds. The van der Waals surface area contributed by atoms with Crippen LogP contribution in [-0.4, -0.2) is 25.6 Å². The van der Waals surface area contributed by atoms with Crippen molar-refractivity contribution in [1.29, 1.82) is 0 Å². The van der Waals surface area contributed by atoms with Crippen molar-refractivity contribution in [2.45, 2.75) is 13.5 Å². The average molecular weight is 405 g/mol. The van der Waals surface area contributed by atoms with Crippen LogP contribution < -0.4 is 4.72 Å². The molecule has 0 fully saturated rings. The number of nitrogens with zero attached hydrogens (tertiary/aromatic N) is 1. The van der Waals surface area contributed by atoms with Crippen LogP contribution in [0.5, 0.6) is 0 Å². The number of nitrogens with one attached hydrogen (secondary N) is 1. The number of benzene rings is 2. The number of halogens is 1. The van der Waals surface area contributed by atoms with Gasteiger partial charge in [0.1, 0.15) is 11.8 Å². The molecule has 6 nitrogen and oxygen atoms in total. The molecule has 1 heterocycles. The smallest absolute Gasteiger partial charge is 0.338 e. The molecule has 27 heavy (non-hydrogen) atoms. The van der Waals surface area contributed by atoms with Crippen LogP contribution in [0.25, 0.3) is 10.9 Å². The standard InChI is InChI=1S/C19H17ClN2O4S/c1-12-6-7-13-9-15(18(20)21-17(13)8-12)11-26-19(23)14-4-3-5-16(10-14)22-27(2,24)25/h3-10,22H,11H2,1-2H3. The fourth-order valence-corrected chi connectivity index (χ4v) is 3.30. The number of fused-ring (bicyclic) bond motifs is 1. The number of esters is 1. The first-order valence-corrected chi connectivity index (χ1v) is 10.3. The predicted molar refractivity (Wildman–Crippen MR) is 106 cm³/mol. The highest BCUT2D eigenvalue weighted by Crippen LogP contribution is 2.23. The molecule has 0 atom stereocenters. The summed E-state index contributed by atoms with van der Waals surface area (Å²) >= 11 is 6.20. The van der Waals surface area contributed by atoms with E-state index in [0.29, 0.717) is 5.56 Å². The van der Waals surface area contributed by atoms with Gasteiger partial charge in [0.25, 0.3) is 0 Å². The number of sulfonamides is 1. The summed E-state index contributed by atoms with van der Waals surface area (Å²) in [4.78, 5) is 16.6. The molecule has 3 aromatic rings. The second kappa shape index (κ2) is 7.54. The lowest BCUT2D eigenvalue weighted by atomic mass is 10.1. The van der Waals surface area contributed by atoms with Crippen LogP contribution in [0.4, 0.5) is 5.69 Å². The fraction of sp³-hybridized carbons (Fsp3) is 0.158. The van der Waals surface area contributed by atoms with E-state index in [0.717, 1.165) is 22.7 Å². The lowest BCUT2D eigenvalue weighted by Crippen LogP contribution is -2.11. The SMILES string of the molecule is Cc1ccc2cc(COC(=O)c3cccc(NS(C)(=O)=O)c3)c(Cl)nc2c1. The molecule has 1 N–H and O–H groups in total. The van der Waals surface area contributed by atoms with Crippen molar-refractivity contribution in [2.24, 2.45) is 0 Å². The van der Waals surface area contributed by atoms with Gasteiger partial charge in [0.05, 0.1) is 17.3 Å². The minimum Gasteiger partial charge on any atom is -0.457 e. The summed E-state index contributed by atoms with van der Waals surface area (Å²) in [6.07, 6.45) is 1.04. The Morgan fingerprint density at radius 2 is 1.96 bits per heavy atom. The maximum Gasteiger partial charge on any atom is 0.338 e. The van der Waals surface area contributed by atoms with Crippen molar-refractivity contribution >= 4 is 44.2 Å². The molecule has 0 spiro atoms. The minimum atomic E-state index is -3.43. The van der Waals surface area contributed by atoms with Crippen molar-refractivity contribution in [3.05, 3.63) is 70.4 Å². The number of ether oxygens (including phenoxy) is 1. The highest BCUT2D eigenvalue weighted by Gasteiger charge is 2.12. The van der Waals surface area contributed by atoms with E-state index < -0.39 is 16.0 Å². The summed E-state index contributed by atoms with van der Waals surface area (Å²) in [5, 5.41) is 1.17. The summed E-state index contributed by atoms with van der Waals surface area (Å²) in [7, 11) is -3.43. The van der Waals surface area contributed by atoms with Gasteiger partial charge in [-0.15, -0.1) is 0 Å². The third-order valence-corrected chi connectivity index (χ3v) is 4.69. The first-order valence-electron chi connectivity index (χ1n) is 8.02. The fourth-order valence-electron chi connectivity index (χ4n) is 2.55. The van der Waals surface area contributed by atoms with Crippen molar-refractivity contribution < 1.29 is 17.9 Å². The molecular formula is C19H17ClN2O4S. The van der Waals surface area contributed by atoms with E-state index in [1.807, 2.05) is 31.2 Å². The largest absolute Gasteiger partial charge is 0.457 e. The van der Waals surface area contributed by atoms with E-state index >= 15 is 0 Å². The Morgan fingerprint density at radius 1 is 1.19 bits per heavy atom. The highest BCUT2D eigenvalue weighted by molar-refractivity contribution is 7.92. The highest BCUT2D eigenvalue weighted by atomic mass is 35.5. The first kappa shape index (κ1) is 19.1. The molecule has 0 unspecified atom stereocenters. The summed E-state index contributed by atoms with van der Waals surface area (Å²) in [6, 6.07) is 13.7. The van der Waals surface area contributed by atoms with Crippen LogP contribution in [0.1, 0.15) is 21.5 Å². The number of carbonyl (C=O) groups is 1. The van der Waals surface area contributed by atoms with Crippen LogP contribution in [0.3, 0.4) is 0 Å². The molecule has 2 aromatic carbocycles. The van der Waals surface area contributed by atoms with Gasteiger partial charge >= 0.3 is 5.97 Å². The lowest BCUT2D eigenvalue weighted by molar-refractivity contribution is 0.0472. The van der Waals surface area contributed by atoms with Crippen LogP contribution >= 0.6 is 11.6 Å². The zero-order valence-electron chi connectivity index (χ0n) is 14.7. The molecule has 0 bridgehead atoms. The van der Waals surface area contributed by atoms with Gasteiger partial charge in [-0.05, 0) is 42.8 Å². The Balaban J connectivity index is 1.76. The summed E-state index contributed by atoms with van der Waals surface area (Å²) in [5.74, 6) is -0.591. The van der Waals surface area contributed by atoms with Gasteiger partial charge in [0.15, 0.2) is 0 Å². The molecule has 0 saturated carbocycles. The Morgan fingerprint density at radius 3 is 2.70 bits per heavy atom. The molecule has 1 aromatic heterocycles. The quantitative estimate of drug-likeness (QED) is 0.514. The number of rotatable bonds is 5. The molecular weight excluding hydrogens is 388 g/mol. The zero-order valence-corrected chi connectivity index (χ0v) is 16.3. The van der Waals surface area contributed by atoms with E-state index in [2.05, 4.69) is 9.71 Å². The Bertz CT molecular complexity index is 1130. The van der Waals surface area contributed by atoms with E-state index in [4.69, 9.17) is 16.3 Å². The lowest BCUT2D eigenvalue weighted by Gasteiger charge is -2.09. The number of aromatic nitrogens is 1. The third-order valence-electron chi connectivity index (χ3n) is 3.76. The first-order chi connectivity index (χ1) is 12.7. The maximum atomic E-state index is 12.3. The van der Waals surface area contributed by atoms with Gasteiger partial charge in [-0.3, -0.25) is 4.72 Å². The number of pyridine rings is 1. The van der Waals surface area contributed by atoms with Crippen molar-refractivity contribution in [3.63, 3.8) is 0 Å². The second-order valence-electron chi connectivity index (χ2n) is 6.17. The Hall–Kier alpha value is -2.64. The second-order valence-corrected chi connectivity index (χ2v) is 8.27. The van der Waals surface area contributed by atoms with Crippen molar-refractivity contribution in [3.8, 4) is 0 Å². The van der Waals surface area contributed by atoms with Gasteiger partial charge in [-0.25, -0.2) is 18.2 Å². The number of anilines is 1. The van der Waals surface area contributed by atoms with Crippen molar-refractivity contribution in [1.82, 2.24) is 4.98 Å². The molecule has 0 aliphatic heterocycles. The Kier molecular flexibility index (Phi) is 5.34. The van der Waals surface area contributed by atoms with E-state index in [1.165, 1.54) is 6.07 Å². The molecule has 0 radical (unpaired) electrons. The van der Waals surface area contributed by atoms with Crippen LogP contribution in [0.15, 0.2) is 48.5 Å². The molecule has 0 aliphatic carbocycles. The third kappa shape index (κ3) is 4.96. The molecule has 140 valence electrons. The summed E-state index contributed by atoms with van der Waals surface area (Å²) in [6.45, 7) is 1.93. The zero-order chi connectivity index (χ0) is 19.6. The average Bonchev–Trinajstić information content (AvgIpc) is 2.58. The van der Waals surface area contributed by atoms with Crippen molar-refractivity contribution in [2.75, 3.05) is 11.0 Å². The topological polar surface area (TPSA) is 85.4 Å². The minimum absolute atomic E-state index is 0.0434. The van der Waals surface area contributed by atoms with Gasteiger partial charge < -0.3 is 4.74 Å². The number of hydrogen-bond acceptors (Lipinski definition) is 5. The van der Waals surface area contributed by atoms with E-state index in [9.17, 15) is 13.2 Å². The number of hydrogen-bond donors (Lipinski definition) is 1. The summed E-state index contributed by atoms with van der Waals surface area (Å²) in [5.41, 5.74) is 2.95. The molecule has 0 aliphatic rings. The van der Waals surface area contributed by atoms with E-state index in [-0.39, 0.29) is 23.0 Å². The van der Waals surface area contributed by atoms with Crippen LogP contribution in [-0.2, 0) is 21.4 Å². The van der Waals surface area contributed by atoms with Crippen LogP contribution in [0, 0.1) is 6.92 Å². The number of carbonyl (C=O) groups excluding carboxylic acids is 1. The van der Waals surface area contributed by atoms with Gasteiger partial charge in [0.2, 0.25) is 10.0 Å². The van der Waals surface area contributed by atoms with E-state index in [1.54, 1.807) is 18.2 Å². The van der Waals surface area contributed by atoms with Crippen LogP contribution in [0.2, 0.25) is 5.15 Å². The molecule has 8 heteroatoms. The summed E-state index contributed by atoms with van der Waals surface area (Å²) < 4.78 is 30.2. The number of aryl methyl sites for hydroxylation is 1. The van der Waals surface area contributed by atoms with Gasteiger partial charge in [0, 0.05) is 16.6 Å². The monoisotopic (exact) mass is 404 g/mol.